The first-order chi connectivity index (χ1) is 10.0. The molecule has 1 N–H and O–H groups in total. The molecule has 110 valence electrons. The molecule has 3 rings (SSSR count). The number of halogens is 3. The van der Waals surface area contributed by atoms with Crippen molar-refractivity contribution in [1.29, 1.82) is 0 Å². The van der Waals surface area contributed by atoms with E-state index < -0.39 is 23.6 Å². The number of aromatic nitrogens is 2. The normalized spacial score (nSPS) is 21.8. The second-order valence-corrected chi connectivity index (χ2v) is 4.93. The first-order valence-corrected chi connectivity index (χ1v) is 6.42. The van der Waals surface area contributed by atoms with Crippen LogP contribution in [0.3, 0.4) is 0 Å². The van der Waals surface area contributed by atoms with Gasteiger partial charge in [0.25, 0.3) is 0 Å². The van der Waals surface area contributed by atoms with E-state index in [1.54, 1.807) is 4.90 Å². The van der Waals surface area contributed by atoms with Crippen molar-refractivity contribution in [3.8, 4) is 0 Å². The van der Waals surface area contributed by atoms with Crippen LogP contribution in [0.5, 0.6) is 0 Å². The van der Waals surface area contributed by atoms with Crippen molar-refractivity contribution < 1.29 is 18.3 Å². The summed E-state index contributed by atoms with van der Waals surface area (Å²) < 4.78 is 39.3. The fraction of sp³-hybridized carbons (Fsp3) is 0.286. The van der Waals surface area contributed by atoms with E-state index in [2.05, 4.69) is 9.97 Å². The average molecular weight is 295 g/mol. The van der Waals surface area contributed by atoms with E-state index in [0.29, 0.717) is 12.0 Å². The molecule has 1 aliphatic heterocycles. The van der Waals surface area contributed by atoms with Crippen LogP contribution in [0.15, 0.2) is 30.6 Å². The standard InChI is InChI=1S/C14H12F3N3O/c15-9-5-18-14(19-6-9)20-7-10(21)4-13(20)8-1-2-11(16)12(17)3-8/h1-3,5-6,10,13,21H,4,7H2/t10-,13-/m1/s1. The molecule has 0 spiro atoms. The van der Waals surface area contributed by atoms with E-state index in [-0.39, 0.29) is 18.5 Å². The Morgan fingerprint density at radius 2 is 1.81 bits per heavy atom. The maximum absolute atomic E-state index is 13.4. The summed E-state index contributed by atoms with van der Waals surface area (Å²) in [6, 6.07) is 3.20. The minimum absolute atomic E-state index is 0.239. The maximum atomic E-state index is 13.4. The van der Waals surface area contributed by atoms with E-state index in [0.717, 1.165) is 24.5 Å². The van der Waals surface area contributed by atoms with Crippen LogP contribution in [0.1, 0.15) is 18.0 Å². The zero-order valence-corrected chi connectivity index (χ0v) is 10.9. The van der Waals surface area contributed by atoms with E-state index in [1.165, 1.54) is 6.07 Å². The smallest absolute Gasteiger partial charge is 0.226 e. The van der Waals surface area contributed by atoms with E-state index >= 15 is 0 Å². The first kappa shape index (κ1) is 13.8. The summed E-state index contributed by atoms with van der Waals surface area (Å²) in [6.45, 7) is 0.245. The number of benzene rings is 1. The highest BCUT2D eigenvalue weighted by Crippen LogP contribution is 2.34. The van der Waals surface area contributed by atoms with Crippen molar-refractivity contribution in [2.75, 3.05) is 11.4 Å². The number of rotatable bonds is 2. The van der Waals surface area contributed by atoms with Crippen LogP contribution >= 0.6 is 0 Å². The molecular weight excluding hydrogens is 283 g/mol. The third-order valence-corrected chi connectivity index (χ3v) is 3.47. The van der Waals surface area contributed by atoms with Crippen molar-refractivity contribution >= 4 is 5.95 Å². The van der Waals surface area contributed by atoms with Gasteiger partial charge in [0, 0.05) is 6.54 Å². The third kappa shape index (κ3) is 2.69. The Bertz CT molecular complexity index is 650. The van der Waals surface area contributed by atoms with Crippen molar-refractivity contribution in [2.24, 2.45) is 0 Å². The monoisotopic (exact) mass is 295 g/mol. The van der Waals surface area contributed by atoms with Crippen LogP contribution in [0.2, 0.25) is 0 Å². The number of aliphatic hydroxyl groups excluding tert-OH is 1. The lowest BCUT2D eigenvalue weighted by molar-refractivity contribution is 0.194. The Morgan fingerprint density at radius 3 is 2.48 bits per heavy atom. The summed E-state index contributed by atoms with van der Waals surface area (Å²) in [6.07, 6.45) is 1.74. The van der Waals surface area contributed by atoms with Gasteiger partial charge in [0.15, 0.2) is 17.5 Å². The number of anilines is 1. The van der Waals surface area contributed by atoms with Gasteiger partial charge in [0.1, 0.15) is 0 Å². The Hall–Kier alpha value is -2.15. The van der Waals surface area contributed by atoms with Gasteiger partial charge in [-0.2, -0.15) is 0 Å². The molecule has 0 aliphatic carbocycles. The molecule has 0 radical (unpaired) electrons. The zero-order chi connectivity index (χ0) is 15.0. The SMILES string of the molecule is O[C@@H]1C[C@H](c2ccc(F)c(F)c2)N(c2ncc(F)cn2)C1. The maximum Gasteiger partial charge on any atom is 0.226 e. The highest BCUT2D eigenvalue weighted by Gasteiger charge is 2.34. The van der Waals surface area contributed by atoms with Gasteiger partial charge >= 0.3 is 0 Å². The van der Waals surface area contributed by atoms with E-state index in [4.69, 9.17) is 0 Å². The van der Waals surface area contributed by atoms with Crippen molar-refractivity contribution in [1.82, 2.24) is 9.97 Å². The minimum atomic E-state index is -0.950. The van der Waals surface area contributed by atoms with Crippen LogP contribution in [-0.2, 0) is 0 Å². The second kappa shape index (κ2) is 5.33. The van der Waals surface area contributed by atoms with Gasteiger partial charge in [-0.3, -0.25) is 0 Å². The van der Waals surface area contributed by atoms with Crippen molar-refractivity contribution in [2.45, 2.75) is 18.6 Å². The highest BCUT2D eigenvalue weighted by atomic mass is 19.2. The van der Waals surface area contributed by atoms with Crippen LogP contribution in [0, 0.1) is 17.5 Å². The van der Waals surface area contributed by atoms with Crippen LogP contribution in [0.25, 0.3) is 0 Å². The van der Waals surface area contributed by atoms with Gasteiger partial charge in [0.2, 0.25) is 5.95 Å². The fourth-order valence-corrected chi connectivity index (χ4v) is 2.52. The quantitative estimate of drug-likeness (QED) is 0.923. The topological polar surface area (TPSA) is 49.2 Å². The highest BCUT2D eigenvalue weighted by molar-refractivity contribution is 5.39. The van der Waals surface area contributed by atoms with E-state index in [1.807, 2.05) is 0 Å². The molecule has 1 aromatic carbocycles. The Morgan fingerprint density at radius 1 is 1.10 bits per heavy atom. The molecule has 0 unspecified atom stereocenters. The van der Waals surface area contributed by atoms with Crippen LogP contribution < -0.4 is 4.90 Å². The lowest BCUT2D eigenvalue weighted by atomic mass is 10.0. The molecule has 21 heavy (non-hydrogen) atoms. The van der Waals surface area contributed by atoms with Gasteiger partial charge in [-0.25, -0.2) is 23.1 Å². The van der Waals surface area contributed by atoms with Crippen molar-refractivity contribution in [3.63, 3.8) is 0 Å². The van der Waals surface area contributed by atoms with Gasteiger partial charge in [0.05, 0.1) is 24.5 Å². The number of nitrogens with zero attached hydrogens (tertiary/aromatic N) is 3. The van der Waals surface area contributed by atoms with Crippen LogP contribution in [0.4, 0.5) is 19.1 Å². The molecule has 1 aliphatic rings. The molecular formula is C14H12F3N3O. The molecule has 2 aromatic rings. The minimum Gasteiger partial charge on any atom is -0.391 e. The molecule has 2 heterocycles. The Balaban J connectivity index is 1.95. The summed E-state index contributed by atoms with van der Waals surface area (Å²) in [4.78, 5) is 9.39. The lowest BCUT2D eigenvalue weighted by Gasteiger charge is -2.24. The lowest BCUT2D eigenvalue weighted by Crippen LogP contribution is -2.26. The van der Waals surface area contributed by atoms with Gasteiger partial charge < -0.3 is 10.0 Å². The number of aliphatic hydroxyl groups is 1. The molecule has 2 atom stereocenters. The summed E-state index contributed by atoms with van der Waals surface area (Å²) >= 11 is 0. The molecule has 1 saturated heterocycles. The summed E-state index contributed by atoms with van der Waals surface area (Å²) in [5, 5.41) is 9.83. The molecule has 1 fully saturated rings. The number of β-amino-alcohol motifs (C(OH)–C–C–N with tert-alkyl or cyclic N) is 1. The molecule has 7 heteroatoms. The largest absolute Gasteiger partial charge is 0.391 e. The third-order valence-electron chi connectivity index (χ3n) is 3.47. The molecule has 4 nitrogen and oxygen atoms in total. The number of hydrogen-bond acceptors (Lipinski definition) is 4. The van der Waals surface area contributed by atoms with Crippen LogP contribution in [-0.4, -0.2) is 27.7 Å². The van der Waals surface area contributed by atoms with Crippen molar-refractivity contribution in [3.05, 3.63) is 53.6 Å². The molecule has 0 amide bonds. The molecule has 0 bridgehead atoms. The first-order valence-electron chi connectivity index (χ1n) is 6.42. The number of hydrogen-bond donors (Lipinski definition) is 1. The molecule has 0 saturated carbocycles. The Kier molecular flexibility index (Phi) is 3.50. The predicted molar refractivity (Wildman–Crippen MR) is 69.1 cm³/mol. The predicted octanol–water partition coefficient (Wildman–Crippen LogP) is 2.21. The second-order valence-electron chi connectivity index (χ2n) is 4.93. The van der Waals surface area contributed by atoms with Gasteiger partial charge in [-0.1, -0.05) is 6.07 Å². The van der Waals surface area contributed by atoms with Gasteiger partial charge in [-0.05, 0) is 24.1 Å². The fourth-order valence-electron chi connectivity index (χ4n) is 2.52. The summed E-state index contributed by atoms with van der Waals surface area (Å²) in [5.41, 5.74) is 0.512. The van der Waals surface area contributed by atoms with E-state index in [9.17, 15) is 18.3 Å². The zero-order valence-electron chi connectivity index (χ0n) is 10.9. The molecule has 1 aromatic heterocycles. The Labute approximate surface area is 118 Å². The van der Waals surface area contributed by atoms with Gasteiger partial charge in [-0.15, -0.1) is 0 Å². The summed E-state index contributed by atoms with van der Waals surface area (Å²) in [7, 11) is 0. The summed E-state index contributed by atoms with van der Waals surface area (Å²) in [5.74, 6) is -2.21. The average Bonchev–Trinajstić information content (AvgIpc) is 2.85.